The Bertz CT molecular complexity index is 485. The number of morpholine rings is 1. The topological polar surface area (TPSA) is 60.5 Å². The van der Waals surface area contributed by atoms with E-state index in [1.54, 1.807) is 17.2 Å². The Kier molecular flexibility index (Phi) is 4.73. The normalized spacial score (nSPS) is 21.3. The fourth-order valence-electron chi connectivity index (χ4n) is 2.38. The van der Waals surface area contributed by atoms with Crippen LogP contribution in [-0.2, 0) is 4.74 Å². The van der Waals surface area contributed by atoms with Gasteiger partial charge in [0, 0.05) is 31.4 Å². The van der Waals surface area contributed by atoms with Crippen LogP contribution in [-0.4, -0.2) is 47.2 Å². The summed E-state index contributed by atoms with van der Waals surface area (Å²) < 4.78 is 7.49. The molecular formula is C14H22ClN3O2. The predicted molar refractivity (Wildman–Crippen MR) is 79.1 cm³/mol. The number of halogens is 1. The van der Waals surface area contributed by atoms with Crippen LogP contribution in [0.2, 0.25) is 5.02 Å². The second-order valence-corrected chi connectivity index (χ2v) is 6.00. The third kappa shape index (κ3) is 3.16. The van der Waals surface area contributed by atoms with E-state index in [4.69, 9.17) is 22.1 Å². The molecule has 1 aromatic rings. The zero-order valence-corrected chi connectivity index (χ0v) is 12.9. The lowest BCUT2D eigenvalue weighted by molar-refractivity contribution is -0.0303. The molecule has 112 valence electrons. The molecule has 0 radical (unpaired) electrons. The third-order valence-electron chi connectivity index (χ3n) is 3.56. The first-order chi connectivity index (χ1) is 9.40. The van der Waals surface area contributed by atoms with Gasteiger partial charge in [0.15, 0.2) is 0 Å². The van der Waals surface area contributed by atoms with Gasteiger partial charge in [-0.1, -0.05) is 11.6 Å². The monoisotopic (exact) mass is 299 g/mol. The molecule has 1 saturated heterocycles. The molecule has 2 atom stereocenters. The average Bonchev–Trinajstić information content (AvgIpc) is 2.80. The summed E-state index contributed by atoms with van der Waals surface area (Å²) in [7, 11) is 0. The second kappa shape index (κ2) is 6.16. The van der Waals surface area contributed by atoms with Gasteiger partial charge in [-0.25, -0.2) is 0 Å². The standard InChI is InChI=1S/C14H22ClN3O2/c1-9(2)18-7-11(15)6-12(18)14(19)17-4-5-20-13(8-17)10(3)16/h6-7,9-10,13H,4-5,8,16H2,1-3H3. The second-order valence-electron chi connectivity index (χ2n) is 5.56. The molecule has 0 aliphatic carbocycles. The van der Waals surface area contributed by atoms with Crippen molar-refractivity contribution in [3.8, 4) is 0 Å². The van der Waals surface area contributed by atoms with Crippen molar-refractivity contribution in [1.82, 2.24) is 9.47 Å². The van der Waals surface area contributed by atoms with Crippen LogP contribution in [0.15, 0.2) is 12.3 Å². The molecule has 1 aliphatic heterocycles. The summed E-state index contributed by atoms with van der Waals surface area (Å²) in [5, 5.41) is 0.582. The van der Waals surface area contributed by atoms with Gasteiger partial charge >= 0.3 is 0 Å². The number of nitrogens with zero attached hydrogens (tertiary/aromatic N) is 2. The van der Waals surface area contributed by atoms with Crippen LogP contribution in [0.25, 0.3) is 0 Å². The predicted octanol–water partition coefficient (Wildman–Crippen LogP) is 1.91. The van der Waals surface area contributed by atoms with E-state index >= 15 is 0 Å². The zero-order chi connectivity index (χ0) is 14.9. The third-order valence-corrected chi connectivity index (χ3v) is 3.76. The highest BCUT2D eigenvalue weighted by Crippen LogP contribution is 2.21. The number of hydrogen-bond acceptors (Lipinski definition) is 3. The number of rotatable bonds is 3. The molecule has 2 unspecified atom stereocenters. The van der Waals surface area contributed by atoms with Crippen molar-refractivity contribution in [2.24, 2.45) is 5.73 Å². The minimum absolute atomic E-state index is 0.0143. The van der Waals surface area contributed by atoms with E-state index in [0.717, 1.165) is 0 Å². The highest BCUT2D eigenvalue weighted by atomic mass is 35.5. The van der Waals surface area contributed by atoms with Crippen LogP contribution in [0.4, 0.5) is 0 Å². The number of nitrogens with two attached hydrogens (primary N) is 1. The van der Waals surface area contributed by atoms with E-state index in [1.807, 2.05) is 25.3 Å². The summed E-state index contributed by atoms with van der Waals surface area (Å²) in [6.07, 6.45) is 1.69. The summed E-state index contributed by atoms with van der Waals surface area (Å²) in [5.41, 5.74) is 6.48. The minimum atomic E-state index is -0.106. The summed E-state index contributed by atoms with van der Waals surface area (Å²) in [5.74, 6) is -0.0143. The van der Waals surface area contributed by atoms with E-state index < -0.39 is 0 Å². The molecule has 2 N–H and O–H groups in total. The number of ether oxygens (including phenoxy) is 1. The van der Waals surface area contributed by atoms with E-state index in [9.17, 15) is 4.79 Å². The SMILES string of the molecule is CC(N)C1CN(C(=O)c2cc(Cl)cn2C(C)C)CCO1. The molecular weight excluding hydrogens is 278 g/mol. The van der Waals surface area contributed by atoms with Crippen molar-refractivity contribution in [2.75, 3.05) is 19.7 Å². The maximum Gasteiger partial charge on any atom is 0.270 e. The molecule has 1 aliphatic rings. The highest BCUT2D eigenvalue weighted by molar-refractivity contribution is 6.31. The van der Waals surface area contributed by atoms with Crippen molar-refractivity contribution in [1.29, 1.82) is 0 Å². The molecule has 6 heteroatoms. The van der Waals surface area contributed by atoms with Gasteiger partial charge in [0.25, 0.3) is 5.91 Å². The van der Waals surface area contributed by atoms with Crippen LogP contribution in [0.5, 0.6) is 0 Å². The van der Waals surface area contributed by atoms with Crippen molar-refractivity contribution in [3.05, 3.63) is 23.0 Å². The summed E-state index contributed by atoms with van der Waals surface area (Å²) in [6.45, 7) is 7.58. The first-order valence-electron chi connectivity index (χ1n) is 6.94. The van der Waals surface area contributed by atoms with Crippen molar-refractivity contribution in [3.63, 3.8) is 0 Å². The fourth-order valence-corrected chi connectivity index (χ4v) is 2.59. The Balaban J connectivity index is 2.19. The molecule has 1 aromatic heterocycles. The molecule has 1 amide bonds. The maximum atomic E-state index is 12.7. The van der Waals surface area contributed by atoms with E-state index in [2.05, 4.69) is 0 Å². The minimum Gasteiger partial charge on any atom is -0.373 e. The molecule has 0 aromatic carbocycles. The smallest absolute Gasteiger partial charge is 0.270 e. The Morgan fingerprint density at radius 3 is 2.80 bits per heavy atom. The molecule has 1 fully saturated rings. The Morgan fingerprint density at radius 1 is 1.50 bits per heavy atom. The van der Waals surface area contributed by atoms with Gasteiger partial charge in [0.2, 0.25) is 0 Å². The van der Waals surface area contributed by atoms with Crippen molar-refractivity contribution in [2.45, 2.75) is 39.0 Å². The Labute approximate surface area is 124 Å². The van der Waals surface area contributed by atoms with Gasteiger partial charge < -0.3 is 19.9 Å². The zero-order valence-electron chi connectivity index (χ0n) is 12.2. The van der Waals surface area contributed by atoms with Crippen molar-refractivity contribution >= 4 is 17.5 Å². The summed E-state index contributed by atoms with van der Waals surface area (Å²) in [6, 6.07) is 1.82. The molecule has 20 heavy (non-hydrogen) atoms. The molecule has 0 saturated carbocycles. The van der Waals surface area contributed by atoms with Gasteiger partial charge in [-0.15, -0.1) is 0 Å². The number of aromatic nitrogens is 1. The highest BCUT2D eigenvalue weighted by Gasteiger charge is 2.29. The Hall–Kier alpha value is -1.04. The molecule has 0 spiro atoms. The number of carbonyl (C=O) groups is 1. The van der Waals surface area contributed by atoms with E-state index in [1.165, 1.54) is 0 Å². The van der Waals surface area contributed by atoms with Crippen LogP contribution in [0.1, 0.15) is 37.3 Å². The van der Waals surface area contributed by atoms with Crippen LogP contribution in [0.3, 0.4) is 0 Å². The van der Waals surface area contributed by atoms with Crippen LogP contribution >= 0.6 is 11.6 Å². The summed E-state index contributed by atoms with van der Waals surface area (Å²) in [4.78, 5) is 14.5. The lowest BCUT2D eigenvalue weighted by atomic mass is 10.1. The lowest BCUT2D eigenvalue weighted by Crippen LogP contribution is -2.51. The van der Waals surface area contributed by atoms with E-state index in [-0.39, 0.29) is 24.1 Å². The molecule has 0 bridgehead atoms. The lowest BCUT2D eigenvalue weighted by Gasteiger charge is -2.35. The number of hydrogen-bond donors (Lipinski definition) is 1. The quantitative estimate of drug-likeness (QED) is 0.927. The first-order valence-corrected chi connectivity index (χ1v) is 7.31. The fraction of sp³-hybridized carbons (Fsp3) is 0.643. The Morgan fingerprint density at radius 2 is 2.20 bits per heavy atom. The molecule has 2 heterocycles. The number of carbonyl (C=O) groups excluding carboxylic acids is 1. The van der Waals surface area contributed by atoms with Crippen LogP contribution < -0.4 is 5.73 Å². The molecule has 5 nitrogen and oxygen atoms in total. The van der Waals surface area contributed by atoms with E-state index in [0.29, 0.717) is 30.4 Å². The van der Waals surface area contributed by atoms with Gasteiger partial charge in [-0.3, -0.25) is 4.79 Å². The van der Waals surface area contributed by atoms with Gasteiger partial charge in [0.05, 0.1) is 17.7 Å². The largest absolute Gasteiger partial charge is 0.373 e. The maximum absolute atomic E-state index is 12.7. The van der Waals surface area contributed by atoms with Gasteiger partial charge in [-0.2, -0.15) is 0 Å². The van der Waals surface area contributed by atoms with Gasteiger partial charge in [-0.05, 0) is 26.8 Å². The molecule has 2 rings (SSSR count). The van der Waals surface area contributed by atoms with Crippen molar-refractivity contribution < 1.29 is 9.53 Å². The van der Waals surface area contributed by atoms with Gasteiger partial charge in [0.1, 0.15) is 5.69 Å². The number of amides is 1. The average molecular weight is 300 g/mol. The first kappa shape index (κ1) is 15.4. The summed E-state index contributed by atoms with van der Waals surface area (Å²) >= 11 is 6.04. The van der Waals surface area contributed by atoms with Crippen LogP contribution in [0, 0.1) is 0 Å².